The molecular weight excluding hydrogens is 124 g/mol. The molecule has 1 N–H and O–H groups in total. The highest BCUT2D eigenvalue weighted by atomic mass is 16.3. The van der Waals surface area contributed by atoms with Crippen LogP contribution < -0.4 is 0 Å². The zero-order valence-electron chi connectivity index (χ0n) is 6.90. The third-order valence-corrected chi connectivity index (χ3v) is 2.50. The molecule has 1 rings (SSSR count). The highest BCUT2D eigenvalue weighted by Crippen LogP contribution is 2.31. The van der Waals surface area contributed by atoms with Crippen molar-refractivity contribution >= 4 is 0 Å². The fourth-order valence-corrected chi connectivity index (χ4v) is 1.93. The summed E-state index contributed by atoms with van der Waals surface area (Å²) in [6.07, 6.45) is 8.00. The van der Waals surface area contributed by atoms with Crippen LogP contribution in [0.1, 0.15) is 51.9 Å². The van der Waals surface area contributed by atoms with Gasteiger partial charge in [0.25, 0.3) is 0 Å². The van der Waals surface area contributed by atoms with Crippen molar-refractivity contribution in [2.45, 2.75) is 57.5 Å². The van der Waals surface area contributed by atoms with Crippen LogP contribution in [-0.2, 0) is 0 Å². The third-order valence-electron chi connectivity index (χ3n) is 2.50. The summed E-state index contributed by atoms with van der Waals surface area (Å²) in [4.78, 5) is 0. The minimum atomic E-state index is -0.271. The predicted molar refractivity (Wildman–Crippen MR) is 42.9 cm³/mol. The highest BCUT2D eigenvalue weighted by molar-refractivity contribution is 4.81. The van der Waals surface area contributed by atoms with Gasteiger partial charge in [-0.3, -0.25) is 0 Å². The van der Waals surface area contributed by atoms with Crippen LogP contribution in [0.4, 0.5) is 0 Å². The van der Waals surface area contributed by atoms with Crippen molar-refractivity contribution in [2.75, 3.05) is 0 Å². The minimum absolute atomic E-state index is 0.271. The monoisotopic (exact) mass is 142 g/mol. The van der Waals surface area contributed by atoms with E-state index in [2.05, 4.69) is 6.92 Å². The molecule has 1 nitrogen and oxygen atoms in total. The van der Waals surface area contributed by atoms with Crippen LogP contribution in [0.15, 0.2) is 0 Å². The zero-order valence-corrected chi connectivity index (χ0v) is 6.90. The molecule has 10 heavy (non-hydrogen) atoms. The van der Waals surface area contributed by atoms with Crippen molar-refractivity contribution in [1.82, 2.24) is 0 Å². The Morgan fingerprint density at radius 3 is 2.30 bits per heavy atom. The second-order valence-corrected chi connectivity index (χ2v) is 3.54. The molecule has 0 saturated heterocycles. The molecule has 0 aromatic rings. The maximum Gasteiger partial charge on any atom is 0.0647 e. The largest absolute Gasteiger partial charge is 0.390 e. The average Bonchev–Trinajstić information content (AvgIpc) is 1.89. The van der Waals surface area contributed by atoms with Crippen LogP contribution in [0.3, 0.4) is 0 Å². The molecule has 0 unspecified atom stereocenters. The topological polar surface area (TPSA) is 20.2 Å². The van der Waals surface area contributed by atoms with Gasteiger partial charge >= 0.3 is 0 Å². The number of rotatable bonds is 2. The van der Waals surface area contributed by atoms with Gasteiger partial charge in [0.1, 0.15) is 0 Å². The molecule has 1 heteroatoms. The Balaban J connectivity index is 2.32. The van der Waals surface area contributed by atoms with Gasteiger partial charge in [-0.25, -0.2) is 0 Å². The van der Waals surface area contributed by atoms with Gasteiger partial charge in [0.15, 0.2) is 0 Å². The summed E-state index contributed by atoms with van der Waals surface area (Å²) in [5.74, 6) is 0. The van der Waals surface area contributed by atoms with Gasteiger partial charge in [0.05, 0.1) is 5.60 Å². The Kier molecular flexibility index (Phi) is 2.72. The highest BCUT2D eigenvalue weighted by Gasteiger charge is 2.27. The van der Waals surface area contributed by atoms with Crippen LogP contribution in [-0.4, -0.2) is 10.7 Å². The molecule has 1 fully saturated rings. The van der Waals surface area contributed by atoms with E-state index in [-0.39, 0.29) is 5.60 Å². The summed E-state index contributed by atoms with van der Waals surface area (Å²) in [5, 5.41) is 9.87. The van der Waals surface area contributed by atoms with Crippen molar-refractivity contribution < 1.29 is 5.11 Å². The molecular formula is C9H18O. The Bertz CT molecular complexity index is 87.4. The predicted octanol–water partition coefficient (Wildman–Crippen LogP) is 2.48. The van der Waals surface area contributed by atoms with Gasteiger partial charge in [0, 0.05) is 0 Å². The molecule has 1 aliphatic carbocycles. The Morgan fingerprint density at radius 1 is 1.20 bits per heavy atom. The van der Waals surface area contributed by atoms with E-state index < -0.39 is 0 Å². The van der Waals surface area contributed by atoms with E-state index in [1.165, 1.54) is 19.3 Å². The van der Waals surface area contributed by atoms with Crippen LogP contribution in [0.25, 0.3) is 0 Å². The summed E-state index contributed by atoms with van der Waals surface area (Å²) in [6.45, 7) is 2.15. The van der Waals surface area contributed by atoms with E-state index in [0.29, 0.717) is 0 Å². The summed E-state index contributed by atoms with van der Waals surface area (Å²) in [5.41, 5.74) is -0.271. The first-order valence-corrected chi connectivity index (χ1v) is 4.49. The lowest BCUT2D eigenvalue weighted by atomic mass is 9.82. The van der Waals surface area contributed by atoms with Crippen LogP contribution >= 0.6 is 0 Å². The first-order valence-electron chi connectivity index (χ1n) is 4.49. The summed E-state index contributed by atoms with van der Waals surface area (Å²) < 4.78 is 0. The number of aliphatic hydroxyl groups is 1. The van der Waals surface area contributed by atoms with Gasteiger partial charge in [-0.2, -0.15) is 0 Å². The number of hydrogen-bond acceptors (Lipinski definition) is 1. The van der Waals surface area contributed by atoms with E-state index in [0.717, 1.165) is 25.7 Å². The Labute approximate surface area is 63.4 Å². The third kappa shape index (κ3) is 1.98. The lowest BCUT2D eigenvalue weighted by molar-refractivity contribution is -0.00427. The SMILES string of the molecule is CCCC1(O)CCCCC1. The van der Waals surface area contributed by atoms with Crippen molar-refractivity contribution in [2.24, 2.45) is 0 Å². The van der Waals surface area contributed by atoms with Gasteiger partial charge in [-0.15, -0.1) is 0 Å². The van der Waals surface area contributed by atoms with Crippen molar-refractivity contribution in [3.05, 3.63) is 0 Å². The zero-order chi connectivity index (χ0) is 7.45. The molecule has 0 bridgehead atoms. The standard InChI is InChI=1S/C9H18O/c1-2-6-9(10)7-4-3-5-8-9/h10H,2-8H2,1H3. The summed E-state index contributed by atoms with van der Waals surface area (Å²) in [7, 11) is 0. The van der Waals surface area contributed by atoms with E-state index in [4.69, 9.17) is 0 Å². The molecule has 0 aliphatic heterocycles. The quantitative estimate of drug-likeness (QED) is 0.628. The van der Waals surface area contributed by atoms with Gasteiger partial charge in [-0.05, 0) is 19.3 Å². The van der Waals surface area contributed by atoms with Crippen LogP contribution in [0, 0.1) is 0 Å². The molecule has 0 spiro atoms. The molecule has 0 aromatic heterocycles. The summed E-state index contributed by atoms with van der Waals surface area (Å²) in [6, 6.07) is 0. The normalized spacial score (nSPS) is 24.6. The fraction of sp³-hybridized carbons (Fsp3) is 1.00. The first kappa shape index (κ1) is 8.06. The van der Waals surface area contributed by atoms with Crippen LogP contribution in [0.2, 0.25) is 0 Å². The van der Waals surface area contributed by atoms with Gasteiger partial charge in [-0.1, -0.05) is 32.6 Å². The van der Waals surface area contributed by atoms with Gasteiger partial charge < -0.3 is 5.11 Å². The molecule has 0 amide bonds. The maximum absolute atomic E-state index is 9.87. The molecule has 0 aromatic carbocycles. The lowest BCUT2D eigenvalue weighted by Gasteiger charge is -2.31. The Morgan fingerprint density at radius 2 is 1.80 bits per heavy atom. The van der Waals surface area contributed by atoms with Crippen molar-refractivity contribution in [3.8, 4) is 0 Å². The summed E-state index contributed by atoms with van der Waals surface area (Å²) >= 11 is 0. The van der Waals surface area contributed by atoms with E-state index in [9.17, 15) is 5.11 Å². The fourth-order valence-electron chi connectivity index (χ4n) is 1.93. The second kappa shape index (κ2) is 3.38. The molecule has 0 heterocycles. The van der Waals surface area contributed by atoms with E-state index in [1.54, 1.807) is 0 Å². The van der Waals surface area contributed by atoms with Crippen LogP contribution in [0.5, 0.6) is 0 Å². The molecule has 1 aliphatic rings. The molecule has 0 atom stereocenters. The average molecular weight is 142 g/mol. The molecule has 60 valence electrons. The smallest absolute Gasteiger partial charge is 0.0647 e. The second-order valence-electron chi connectivity index (χ2n) is 3.54. The van der Waals surface area contributed by atoms with Gasteiger partial charge in [0.2, 0.25) is 0 Å². The maximum atomic E-state index is 9.87. The van der Waals surface area contributed by atoms with E-state index in [1.807, 2.05) is 0 Å². The van der Waals surface area contributed by atoms with E-state index >= 15 is 0 Å². The molecule has 1 saturated carbocycles. The minimum Gasteiger partial charge on any atom is -0.390 e. The van der Waals surface area contributed by atoms with Crippen molar-refractivity contribution in [3.63, 3.8) is 0 Å². The molecule has 0 radical (unpaired) electrons. The van der Waals surface area contributed by atoms with Crippen molar-refractivity contribution in [1.29, 1.82) is 0 Å². The lowest BCUT2D eigenvalue weighted by Crippen LogP contribution is -2.30. The first-order chi connectivity index (χ1) is 4.77. The Hall–Kier alpha value is -0.0400. The number of hydrogen-bond donors (Lipinski definition) is 1.